The van der Waals surface area contributed by atoms with Crippen LogP contribution in [0, 0.1) is 11.6 Å². The Kier molecular flexibility index (Phi) is 6.33. The molecule has 0 atom stereocenters. The minimum Gasteiger partial charge on any atom is -0.377 e. The monoisotopic (exact) mass is 391 g/mol. The molecule has 0 spiro atoms. The molecule has 0 saturated carbocycles. The van der Waals surface area contributed by atoms with Crippen molar-refractivity contribution in [2.24, 2.45) is 5.73 Å². The standard InChI is InChI=1S/C16H23F2N3O4S/c1-3-4-21(26(2,23)24)8-11-5-14(18)12(6-13(11)17)16(9-25-10-16)20-7-15(19)22/h5-6,20H,3-4,7-10H2,1-2H3,(H2,19,22). The molecule has 1 aliphatic rings. The molecule has 0 aliphatic carbocycles. The molecule has 2 rings (SSSR count). The van der Waals surface area contributed by atoms with Crippen LogP contribution in [0.4, 0.5) is 8.78 Å². The zero-order chi connectivity index (χ0) is 19.5. The average molecular weight is 391 g/mol. The van der Waals surface area contributed by atoms with Crippen LogP contribution in [0.5, 0.6) is 0 Å². The Morgan fingerprint density at radius 2 is 2.00 bits per heavy atom. The van der Waals surface area contributed by atoms with E-state index in [4.69, 9.17) is 10.5 Å². The summed E-state index contributed by atoms with van der Waals surface area (Å²) in [6.07, 6.45) is 1.58. The normalized spacial score (nSPS) is 16.5. The maximum atomic E-state index is 14.7. The number of carbonyl (C=O) groups excluding carboxylic acids is 1. The van der Waals surface area contributed by atoms with Crippen LogP contribution in [0.3, 0.4) is 0 Å². The van der Waals surface area contributed by atoms with E-state index in [-0.39, 0.29) is 44.0 Å². The number of nitrogens with one attached hydrogen (secondary N) is 1. The van der Waals surface area contributed by atoms with Gasteiger partial charge in [-0.2, -0.15) is 4.31 Å². The number of hydrogen-bond acceptors (Lipinski definition) is 5. The van der Waals surface area contributed by atoms with Gasteiger partial charge in [0.2, 0.25) is 15.9 Å². The molecule has 1 heterocycles. The number of rotatable bonds is 9. The molecule has 3 N–H and O–H groups in total. The van der Waals surface area contributed by atoms with Crippen molar-refractivity contribution in [2.75, 3.05) is 32.6 Å². The molecule has 0 unspecified atom stereocenters. The first-order valence-corrected chi connectivity index (χ1v) is 9.98. The molecule has 1 aliphatic heterocycles. The summed E-state index contributed by atoms with van der Waals surface area (Å²) in [4.78, 5) is 11.0. The van der Waals surface area contributed by atoms with Crippen molar-refractivity contribution in [1.82, 2.24) is 9.62 Å². The Bertz CT molecular complexity index is 782. The van der Waals surface area contributed by atoms with E-state index in [0.29, 0.717) is 6.42 Å². The van der Waals surface area contributed by atoms with Crippen molar-refractivity contribution < 1.29 is 26.7 Å². The number of benzene rings is 1. The van der Waals surface area contributed by atoms with Gasteiger partial charge in [0.25, 0.3) is 0 Å². The summed E-state index contributed by atoms with van der Waals surface area (Å²) in [5, 5.41) is 2.81. The minimum atomic E-state index is -3.54. The van der Waals surface area contributed by atoms with Crippen molar-refractivity contribution in [3.05, 3.63) is 34.9 Å². The number of sulfonamides is 1. The third-order valence-electron chi connectivity index (χ3n) is 4.24. The average Bonchev–Trinajstić information content (AvgIpc) is 2.48. The molecule has 1 aromatic carbocycles. The van der Waals surface area contributed by atoms with Crippen LogP contribution in [-0.2, 0) is 31.6 Å². The fourth-order valence-electron chi connectivity index (χ4n) is 2.79. The van der Waals surface area contributed by atoms with Gasteiger partial charge in [0, 0.05) is 24.2 Å². The number of carbonyl (C=O) groups is 1. The zero-order valence-corrected chi connectivity index (χ0v) is 15.5. The van der Waals surface area contributed by atoms with E-state index >= 15 is 0 Å². The smallest absolute Gasteiger partial charge is 0.231 e. The molecule has 0 radical (unpaired) electrons. The van der Waals surface area contributed by atoms with Crippen LogP contribution in [0.15, 0.2) is 12.1 Å². The van der Waals surface area contributed by atoms with E-state index in [0.717, 1.165) is 22.7 Å². The molecule has 1 saturated heterocycles. The highest BCUT2D eigenvalue weighted by molar-refractivity contribution is 7.88. The van der Waals surface area contributed by atoms with E-state index in [2.05, 4.69) is 5.32 Å². The number of nitrogens with zero attached hydrogens (tertiary/aromatic N) is 1. The lowest BCUT2D eigenvalue weighted by Crippen LogP contribution is -2.59. The molecule has 10 heteroatoms. The van der Waals surface area contributed by atoms with Crippen LogP contribution in [-0.4, -0.2) is 51.2 Å². The van der Waals surface area contributed by atoms with E-state index < -0.39 is 33.1 Å². The fourth-order valence-corrected chi connectivity index (χ4v) is 3.68. The molecular weight excluding hydrogens is 368 g/mol. The second-order valence-electron chi connectivity index (χ2n) is 6.41. The zero-order valence-electron chi connectivity index (χ0n) is 14.7. The lowest BCUT2D eigenvalue weighted by molar-refractivity contribution is -0.120. The van der Waals surface area contributed by atoms with Crippen molar-refractivity contribution >= 4 is 15.9 Å². The lowest BCUT2D eigenvalue weighted by Gasteiger charge is -2.42. The molecule has 26 heavy (non-hydrogen) atoms. The number of amides is 1. The molecule has 1 aromatic rings. The predicted molar refractivity (Wildman–Crippen MR) is 91.6 cm³/mol. The van der Waals surface area contributed by atoms with Crippen molar-refractivity contribution in [1.29, 1.82) is 0 Å². The molecule has 7 nitrogen and oxygen atoms in total. The minimum absolute atomic E-state index is 0.0210. The van der Waals surface area contributed by atoms with Gasteiger partial charge in [-0.25, -0.2) is 17.2 Å². The summed E-state index contributed by atoms with van der Waals surface area (Å²) in [7, 11) is -3.54. The second-order valence-corrected chi connectivity index (χ2v) is 8.40. The van der Waals surface area contributed by atoms with Gasteiger partial charge in [0.15, 0.2) is 0 Å². The highest BCUT2D eigenvalue weighted by Crippen LogP contribution is 2.33. The summed E-state index contributed by atoms with van der Waals surface area (Å²) < 4.78 is 59.0. The third-order valence-corrected chi connectivity index (χ3v) is 5.49. The van der Waals surface area contributed by atoms with E-state index in [1.165, 1.54) is 0 Å². The van der Waals surface area contributed by atoms with Crippen LogP contribution in [0.25, 0.3) is 0 Å². The first-order valence-electron chi connectivity index (χ1n) is 8.13. The van der Waals surface area contributed by atoms with Gasteiger partial charge in [-0.05, 0) is 18.6 Å². The van der Waals surface area contributed by atoms with Gasteiger partial charge in [0.1, 0.15) is 11.6 Å². The van der Waals surface area contributed by atoms with Gasteiger partial charge in [-0.3, -0.25) is 10.1 Å². The van der Waals surface area contributed by atoms with Crippen LogP contribution in [0.1, 0.15) is 24.5 Å². The second kappa shape index (κ2) is 7.95. The topological polar surface area (TPSA) is 102 Å². The Morgan fingerprint density at radius 3 is 2.46 bits per heavy atom. The molecule has 146 valence electrons. The van der Waals surface area contributed by atoms with E-state index in [1.807, 2.05) is 0 Å². The predicted octanol–water partition coefficient (Wildman–Crippen LogP) is 0.437. The maximum Gasteiger partial charge on any atom is 0.231 e. The Morgan fingerprint density at radius 1 is 1.35 bits per heavy atom. The Labute approximate surface area is 151 Å². The van der Waals surface area contributed by atoms with Gasteiger partial charge >= 0.3 is 0 Å². The van der Waals surface area contributed by atoms with E-state index in [9.17, 15) is 22.0 Å². The van der Waals surface area contributed by atoms with Gasteiger partial charge in [0.05, 0.1) is 31.6 Å². The quantitative estimate of drug-likeness (QED) is 0.636. The number of ether oxygens (including phenoxy) is 1. The first-order chi connectivity index (χ1) is 12.1. The van der Waals surface area contributed by atoms with Crippen LogP contribution < -0.4 is 11.1 Å². The molecule has 0 aromatic heterocycles. The van der Waals surface area contributed by atoms with Gasteiger partial charge < -0.3 is 10.5 Å². The van der Waals surface area contributed by atoms with Crippen molar-refractivity contribution in [2.45, 2.75) is 25.4 Å². The first kappa shape index (κ1) is 20.7. The SMILES string of the molecule is CCCN(Cc1cc(F)c(C2(NCC(N)=O)COC2)cc1F)S(C)(=O)=O. The molecule has 1 fully saturated rings. The molecular formula is C16H23F2N3O4S. The van der Waals surface area contributed by atoms with Crippen molar-refractivity contribution in [3.63, 3.8) is 0 Å². The number of nitrogens with two attached hydrogens (primary N) is 1. The Hall–Kier alpha value is -1.62. The summed E-state index contributed by atoms with van der Waals surface area (Å²) in [6.45, 7) is 1.68. The number of primary amides is 1. The molecule has 0 bridgehead atoms. The summed E-state index contributed by atoms with van der Waals surface area (Å²) in [5.74, 6) is -2.05. The van der Waals surface area contributed by atoms with E-state index in [1.54, 1.807) is 6.92 Å². The van der Waals surface area contributed by atoms with Crippen LogP contribution in [0.2, 0.25) is 0 Å². The highest BCUT2D eigenvalue weighted by atomic mass is 32.2. The summed E-state index contributed by atoms with van der Waals surface area (Å²) in [6, 6.07) is 2.01. The highest BCUT2D eigenvalue weighted by Gasteiger charge is 2.42. The van der Waals surface area contributed by atoms with Crippen LogP contribution >= 0.6 is 0 Å². The lowest BCUT2D eigenvalue weighted by atomic mass is 9.86. The number of halogens is 2. The summed E-state index contributed by atoms with van der Waals surface area (Å²) >= 11 is 0. The maximum absolute atomic E-state index is 14.7. The summed E-state index contributed by atoms with van der Waals surface area (Å²) in [5.41, 5.74) is 4.03. The number of hydrogen-bond donors (Lipinski definition) is 2. The van der Waals surface area contributed by atoms with Gasteiger partial charge in [-0.15, -0.1) is 0 Å². The third kappa shape index (κ3) is 4.56. The molecule has 1 amide bonds. The largest absolute Gasteiger partial charge is 0.377 e. The van der Waals surface area contributed by atoms with Crippen molar-refractivity contribution in [3.8, 4) is 0 Å². The Balaban J connectivity index is 2.31. The fraction of sp³-hybridized carbons (Fsp3) is 0.562. The van der Waals surface area contributed by atoms with Gasteiger partial charge in [-0.1, -0.05) is 6.92 Å².